The molecule has 1 saturated heterocycles. The molecule has 3 unspecified atom stereocenters. The zero-order valence-corrected chi connectivity index (χ0v) is 15.1. The molecule has 0 aromatic heterocycles. The van der Waals surface area contributed by atoms with Gasteiger partial charge in [0.15, 0.2) is 0 Å². The molecule has 0 radical (unpaired) electrons. The van der Waals surface area contributed by atoms with Crippen LogP contribution in [-0.4, -0.2) is 34.1 Å². The van der Waals surface area contributed by atoms with E-state index in [0.717, 1.165) is 17.5 Å². The summed E-state index contributed by atoms with van der Waals surface area (Å²) in [5.41, 5.74) is 7.08. The summed E-state index contributed by atoms with van der Waals surface area (Å²) < 4.78 is 5.89. The Balaban J connectivity index is 1.61. The molecular formula is C22H26O4. The molecule has 2 aliphatic rings. The van der Waals surface area contributed by atoms with Gasteiger partial charge in [-0.05, 0) is 66.1 Å². The number of hydrogen-bond donors (Lipinski definition) is 3. The summed E-state index contributed by atoms with van der Waals surface area (Å²) in [5, 5.41) is 29.9. The fourth-order valence-electron chi connectivity index (χ4n) is 4.09. The third-order valence-electron chi connectivity index (χ3n) is 5.74. The van der Waals surface area contributed by atoms with Crippen LogP contribution in [-0.2, 0) is 24.0 Å². The lowest BCUT2D eigenvalue weighted by Gasteiger charge is -2.33. The van der Waals surface area contributed by atoms with Crippen molar-refractivity contribution >= 4 is 0 Å². The van der Waals surface area contributed by atoms with Gasteiger partial charge < -0.3 is 20.1 Å². The van der Waals surface area contributed by atoms with Crippen LogP contribution >= 0.6 is 0 Å². The first-order valence-corrected chi connectivity index (χ1v) is 9.41. The van der Waals surface area contributed by atoms with Gasteiger partial charge in [-0.3, -0.25) is 0 Å². The molecule has 138 valence electrons. The summed E-state index contributed by atoms with van der Waals surface area (Å²) >= 11 is 0. The minimum absolute atomic E-state index is 0.123. The van der Waals surface area contributed by atoms with Crippen LogP contribution in [0, 0.1) is 6.92 Å². The van der Waals surface area contributed by atoms with Crippen LogP contribution in [0.5, 0.6) is 5.75 Å². The lowest BCUT2D eigenvalue weighted by Crippen LogP contribution is -2.33. The maximum Gasteiger partial charge on any atom is 0.121 e. The molecule has 0 amide bonds. The summed E-state index contributed by atoms with van der Waals surface area (Å²) in [4.78, 5) is 0. The summed E-state index contributed by atoms with van der Waals surface area (Å²) in [6, 6.07) is 10.5. The molecule has 3 atom stereocenters. The van der Waals surface area contributed by atoms with Crippen molar-refractivity contribution in [1.82, 2.24) is 0 Å². The zero-order chi connectivity index (χ0) is 18.3. The van der Waals surface area contributed by atoms with Crippen LogP contribution in [0.2, 0.25) is 0 Å². The first kappa shape index (κ1) is 17.5. The monoisotopic (exact) mass is 354 g/mol. The highest BCUT2D eigenvalue weighted by Crippen LogP contribution is 2.38. The average Bonchev–Trinajstić information content (AvgIpc) is 2.59. The maximum absolute atomic E-state index is 10.4. The second-order valence-corrected chi connectivity index (χ2v) is 7.67. The normalized spacial score (nSPS) is 24.8. The minimum atomic E-state index is -0.525. The van der Waals surface area contributed by atoms with Crippen molar-refractivity contribution in [2.45, 2.75) is 57.3 Å². The number of ether oxygens (including phenoxy) is 1. The number of rotatable bonds is 4. The Morgan fingerprint density at radius 1 is 1.08 bits per heavy atom. The number of aryl methyl sites for hydroxylation is 3. The summed E-state index contributed by atoms with van der Waals surface area (Å²) in [5.74, 6) is 0.194. The Hall–Kier alpha value is -1.88. The number of aliphatic hydroxyl groups excluding tert-OH is 2. The van der Waals surface area contributed by atoms with E-state index in [9.17, 15) is 15.3 Å². The number of aliphatic hydroxyl groups is 2. The van der Waals surface area contributed by atoms with Crippen molar-refractivity contribution in [2.24, 2.45) is 0 Å². The van der Waals surface area contributed by atoms with Gasteiger partial charge in [-0.25, -0.2) is 0 Å². The summed E-state index contributed by atoms with van der Waals surface area (Å²) in [7, 11) is 0. The van der Waals surface area contributed by atoms with E-state index in [2.05, 4.69) is 18.2 Å². The molecule has 26 heavy (non-hydrogen) atoms. The van der Waals surface area contributed by atoms with Gasteiger partial charge in [0.2, 0.25) is 0 Å². The second-order valence-electron chi connectivity index (χ2n) is 7.67. The number of aromatic hydroxyl groups is 1. The van der Waals surface area contributed by atoms with Crippen molar-refractivity contribution in [2.75, 3.05) is 6.61 Å². The van der Waals surface area contributed by atoms with Gasteiger partial charge in [-0.15, -0.1) is 0 Å². The Morgan fingerprint density at radius 2 is 1.88 bits per heavy atom. The van der Waals surface area contributed by atoms with Gasteiger partial charge in [0.1, 0.15) is 5.75 Å². The zero-order valence-electron chi connectivity index (χ0n) is 15.1. The standard InChI is InChI=1S/C22H26O4/c1-13-6-21(25)20(22-11-18(24)10-19(12-23)26-22)9-17(13)8-14-2-3-15-4-5-16(15)7-14/h2-3,6-7,9,18-19,22-25H,4-5,8,10-12H2,1H3. The Labute approximate surface area is 154 Å². The number of fused-ring (bicyclic) bond motifs is 1. The first-order valence-electron chi connectivity index (χ1n) is 9.41. The molecule has 2 aromatic carbocycles. The van der Waals surface area contributed by atoms with E-state index < -0.39 is 12.2 Å². The van der Waals surface area contributed by atoms with E-state index in [1.165, 1.54) is 29.5 Å². The molecule has 4 heteroatoms. The highest BCUT2D eigenvalue weighted by atomic mass is 16.5. The van der Waals surface area contributed by atoms with Crippen LogP contribution in [0.25, 0.3) is 0 Å². The Morgan fingerprint density at radius 3 is 2.58 bits per heavy atom. The lowest BCUT2D eigenvalue weighted by molar-refractivity contribution is -0.114. The van der Waals surface area contributed by atoms with Crippen LogP contribution in [0.1, 0.15) is 52.3 Å². The fraction of sp³-hybridized carbons (Fsp3) is 0.455. The second kappa shape index (κ2) is 7.03. The first-order chi connectivity index (χ1) is 12.5. The predicted molar refractivity (Wildman–Crippen MR) is 99.4 cm³/mol. The van der Waals surface area contributed by atoms with Gasteiger partial charge in [-0.1, -0.05) is 18.2 Å². The van der Waals surface area contributed by atoms with Gasteiger partial charge in [-0.2, -0.15) is 0 Å². The van der Waals surface area contributed by atoms with Gasteiger partial charge in [0.05, 0.1) is 24.9 Å². The van der Waals surface area contributed by atoms with E-state index in [-0.39, 0.29) is 18.5 Å². The smallest absolute Gasteiger partial charge is 0.121 e. The third kappa shape index (κ3) is 3.37. The number of phenolic OH excluding ortho intramolecular Hbond substituents is 1. The van der Waals surface area contributed by atoms with Crippen LogP contribution in [0.4, 0.5) is 0 Å². The van der Waals surface area contributed by atoms with Crippen molar-refractivity contribution in [1.29, 1.82) is 0 Å². The highest BCUT2D eigenvalue weighted by Gasteiger charge is 2.30. The largest absolute Gasteiger partial charge is 0.508 e. The summed E-state index contributed by atoms with van der Waals surface area (Å²) in [6.07, 6.45) is 2.72. The predicted octanol–water partition coefficient (Wildman–Crippen LogP) is 2.96. The van der Waals surface area contributed by atoms with Crippen molar-refractivity contribution < 1.29 is 20.1 Å². The molecule has 0 spiro atoms. The number of phenols is 1. The van der Waals surface area contributed by atoms with Gasteiger partial charge >= 0.3 is 0 Å². The van der Waals surface area contributed by atoms with Crippen molar-refractivity contribution in [3.05, 3.63) is 63.7 Å². The van der Waals surface area contributed by atoms with E-state index in [1.807, 2.05) is 13.0 Å². The average molecular weight is 354 g/mol. The lowest BCUT2D eigenvalue weighted by atomic mass is 9.85. The molecule has 1 fully saturated rings. The molecular weight excluding hydrogens is 328 g/mol. The van der Waals surface area contributed by atoms with Gasteiger partial charge in [0, 0.05) is 18.4 Å². The molecule has 1 heterocycles. The van der Waals surface area contributed by atoms with Crippen LogP contribution < -0.4 is 0 Å². The maximum atomic E-state index is 10.4. The van der Waals surface area contributed by atoms with Crippen molar-refractivity contribution in [3.8, 4) is 5.75 Å². The SMILES string of the molecule is Cc1cc(O)c(C2CC(O)CC(CO)O2)cc1Cc1ccc2c(c1)CC2. The number of hydrogen-bond acceptors (Lipinski definition) is 4. The quantitative estimate of drug-likeness (QED) is 0.789. The molecule has 3 N–H and O–H groups in total. The minimum Gasteiger partial charge on any atom is -0.508 e. The van der Waals surface area contributed by atoms with Crippen LogP contribution in [0.3, 0.4) is 0 Å². The van der Waals surface area contributed by atoms with Crippen LogP contribution in [0.15, 0.2) is 30.3 Å². The molecule has 1 aliphatic carbocycles. The van der Waals surface area contributed by atoms with E-state index in [1.54, 1.807) is 6.07 Å². The van der Waals surface area contributed by atoms with Gasteiger partial charge in [0.25, 0.3) is 0 Å². The molecule has 4 nitrogen and oxygen atoms in total. The summed E-state index contributed by atoms with van der Waals surface area (Å²) in [6.45, 7) is 1.88. The van der Waals surface area contributed by atoms with Crippen molar-refractivity contribution in [3.63, 3.8) is 0 Å². The molecule has 0 bridgehead atoms. The molecule has 0 saturated carbocycles. The van der Waals surface area contributed by atoms with E-state index in [0.29, 0.717) is 18.4 Å². The fourth-order valence-corrected chi connectivity index (χ4v) is 4.09. The van der Waals surface area contributed by atoms with E-state index in [4.69, 9.17) is 4.74 Å². The number of benzene rings is 2. The highest BCUT2D eigenvalue weighted by molar-refractivity contribution is 5.46. The van der Waals surface area contributed by atoms with E-state index >= 15 is 0 Å². The molecule has 4 rings (SSSR count). The molecule has 2 aromatic rings. The third-order valence-corrected chi connectivity index (χ3v) is 5.74. The molecule has 1 aliphatic heterocycles. The Kier molecular flexibility index (Phi) is 4.74. The topological polar surface area (TPSA) is 69.9 Å². The Bertz CT molecular complexity index is 814.